The Morgan fingerprint density at radius 3 is 2.91 bits per heavy atom. The van der Waals surface area contributed by atoms with Crippen molar-refractivity contribution in [2.45, 2.75) is 64.5 Å². The summed E-state index contributed by atoms with van der Waals surface area (Å²) in [6.07, 6.45) is 6.48. The SMILES string of the molecule is CCC1CCCCN1C(=O)CCN1c2ccccc2CC1C. The number of carbonyl (C=O) groups is 1. The Balaban J connectivity index is 1.61. The van der Waals surface area contributed by atoms with Crippen molar-refractivity contribution in [3.05, 3.63) is 29.8 Å². The van der Waals surface area contributed by atoms with Crippen LogP contribution in [0.3, 0.4) is 0 Å². The van der Waals surface area contributed by atoms with E-state index in [0.29, 0.717) is 24.4 Å². The van der Waals surface area contributed by atoms with E-state index in [2.05, 4.69) is 47.9 Å². The zero-order chi connectivity index (χ0) is 15.5. The van der Waals surface area contributed by atoms with Gasteiger partial charge in [-0.05, 0) is 50.7 Å². The largest absolute Gasteiger partial charge is 0.368 e. The van der Waals surface area contributed by atoms with Crippen LogP contribution >= 0.6 is 0 Å². The number of nitrogens with zero attached hydrogens (tertiary/aromatic N) is 2. The van der Waals surface area contributed by atoms with Gasteiger partial charge in [0, 0.05) is 37.3 Å². The molecule has 1 amide bonds. The monoisotopic (exact) mass is 300 g/mol. The summed E-state index contributed by atoms with van der Waals surface area (Å²) in [7, 11) is 0. The van der Waals surface area contributed by atoms with E-state index >= 15 is 0 Å². The molecular weight excluding hydrogens is 272 g/mol. The molecule has 0 saturated carbocycles. The van der Waals surface area contributed by atoms with Gasteiger partial charge < -0.3 is 9.80 Å². The summed E-state index contributed by atoms with van der Waals surface area (Å²) in [5.41, 5.74) is 2.75. The lowest BCUT2D eigenvalue weighted by Crippen LogP contribution is -2.44. The van der Waals surface area contributed by atoms with Gasteiger partial charge in [-0.3, -0.25) is 4.79 Å². The van der Waals surface area contributed by atoms with Crippen LogP contribution in [0.2, 0.25) is 0 Å². The number of para-hydroxylation sites is 1. The third-order valence-corrected chi connectivity index (χ3v) is 5.33. The molecule has 0 bridgehead atoms. The first-order valence-electron chi connectivity index (χ1n) is 8.84. The van der Waals surface area contributed by atoms with Gasteiger partial charge in [-0.25, -0.2) is 0 Å². The zero-order valence-corrected chi connectivity index (χ0v) is 13.9. The summed E-state index contributed by atoms with van der Waals surface area (Å²) in [4.78, 5) is 17.2. The number of carbonyl (C=O) groups excluding carboxylic acids is 1. The van der Waals surface area contributed by atoms with Crippen LogP contribution in [0.4, 0.5) is 5.69 Å². The molecule has 2 heterocycles. The van der Waals surface area contributed by atoms with Gasteiger partial charge in [-0.15, -0.1) is 0 Å². The molecule has 2 aliphatic heterocycles. The first-order chi connectivity index (χ1) is 10.7. The van der Waals surface area contributed by atoms with Gasteiger partial charge >= 0.3 is 0 Å². The summed E-state index contributed by atoms with van der Waals surface area (Å²) in [5.74, 6) is 0.350. The maximum Gasteiger partial charge on any atom is 0.224 e. The van der Waals surface area contributed by atoms with Gasteiger partial charge in [0.25, 0.3) is 0 Å². The molecule has 1 aromatic carbocycles. The molecule has 3 heteroatoms. The Morgan fingerprint density at radius 1 is 1.27 bits per heavy atom. The highest BCUT2D eigenvalue weighted by Crippen LogP contribution is 2.32. The first-order valence-corrected chi connectivity index (χ1v) is 8.84. The number of benzene rings is 1. The molecule has 3 rings (SSSR count). The van der Waals surface area contributed by atoms with Crippen molar-refractivity contribution in [1.82, 2.24) is 4.90 Å². The van der Waals surface area contributed by atoms with E-state index in [4.69, 9.17) is 0 Å². The first kappa shape index (κ1) is 15.4. The molecule has 1 saturated heterocycles. The van der Waals surface area contributed by atoms with Gasteiger partial charge in [0.2, 0.25) is 5.91 Å². The average molecular weight is 300 g/mol. The average Bonchev–Trinajstić information content (AvgIpc) is 2.87. The number of anilines is 1. The van der Waals surface area contributed by atoms with Crippen molar-refractivity contribution in [1.29, 1.82) is 0 Å². The summed E-state index contributed by atoms with van der Waals surface area (Å²) in [6, 6.07) is 9.60. The van der Waals surface area contributed by atoms with Gasteiger partial charge in [-0.2, -0.15) is 0 Å². The fraction of sp³-hybridized carbons (Fsp3) is 0.632. The number of likely N-dealkylation sites (tertiary alicyclic amines) is 1. The summed E-state index contributed by atoms with van der Waals surface area (Å²) < 4.78 is 0. The maximum atomic E-state index is 12.6. The number of hydrogen-bond donors (Lipinski definition) is 0. The molecule has 2 atom stereocenters. The lowest BCUT2D eigenvalue weighted by molar-refractivity contribution is -0.134. The van der Waals surface area contributed by atoms with Crippen LogP contribution in [-0.4, -0.2) is 36.0 Å². The molecule has 1 aromatic rings. The molecule has 2 unspecified atom stereocenters. The Kier molecular flexibility index (Phi) is 4.70. The van der Waals surface area contributed by atoms with E-state index < -0.39 is 0 Å². The molecule has 22 heavy (non-hydrogen) atoms. The number of piperidine rings is 1. The van der Waals surface area contributed by atoms with Crippen LogP contribution in [0.15, 0.2) is 24.3 Å². The Morgan fingerprint density at radius 2 is 2.09 bits per heavy atom. The lowest BCUT2D eigenvalue weighted by Gasteiger charge is -2.36. The van der Waals surface area contributed by atoms with Crippen molar-refractivity contribution in [3.63, 3.8) is 0 Å². The highest BCUT2D eigenvalue weighted by molar-refractivity contribution is 5.77. The third-order valence-electron chi connectivity index (χ3n) is 5.33. The van der Waals surface area contributed by atoms with Crippen LogP contribution in [0.25, 0.3) is 0 Å². The number of fused-ring (bicyclic) bond motifs is 1. The van der Waals surface area contributed by atoms with E-state index in [9.17, 15) is 4.79 Å². The fourth-order valence-corrected chi connectivity index (χ4v) is 4.08. The van der Waals surface area contributed by atoms with Crippen LogP contribution in [0.1, 0.15) is 51.5 Å². The van der Waals surface area contributed by atoms with E-state index in [1.54, 1.807) is 0 Å². The van der Waals surface area contributed by atoms with E-state index in [1.807, 2.05) is 0 Å². The minimum atomic E-state index is 0.350. The van der Waals surface area contributed by atoms with Crippen molar-refractivity contribution in [2.75, 3.05) is 18.0 Å². The maximum absolute atomic E-state index is 12.6. The van der Waals surface area contributed by atoms with Gasteiger partial charge in [0.15, 0.2) is 0 Å². The summed E-state index contributed by atoms with van der Waals surface area (Å²) >= 11 is 0. The van der Waals surface area contributed by atoms with Crippen LogP contribution < -0.4 is 4.90 Å². The summed E-state index contributed by atoms with van der Waals surface area (Å²) in [5, 5.41) is 0. The van der Waals surface area contributed by atoms with Crippen LogP contribution in [0.5, 0.6) is 0 Å². The smallest absolute Gasteiger partial charge is 0.224 e. The van der Waals surface area contributed by atoms with Crippen molar-refractivity contribution < 1.29 is 4.79 Å². The molecule has 3 nitrogen and oxygen atoms in total. The minimum Gasteiger partial charge on any atom is -0.368 e. The topological polar surface area (TPSA) is 23.6 Å². The molecule has 1 fully saturated rings. The van der Waals surface area contributed by atoms with Crippen LogP contribution in [0, 0.1) is 0 Å². The molecule has 2 aliphatic rings. The van der Waals surface area contributed by atoms with Crippen molar-refractivity contribution in [3.8, 4) is 0 Å². The van der Waals surface area contributed by atoms with Gasteiger partial charge in [-0.1, -0.05) is 25.1 Å². The molecule has 0 spiro atoms. The third kappa shape index (κ3) is 2.99. The second kappa shape index (κ2) is 6.72. The highest BCUT2D eigenvalue weighted by Gasteiger charge is 2.28. The molecule has 0 radical (unpaired) electrons. The number of rotatable bonds is 4. The molecule has 120 valence electrons. The second-order valence-corrected chi connectivity index (χ2v) is 6.77. The van der Waals surface area contributed by atoms with Gasteiger partial charge in [0.05, 0.1) is 0 Å². The quantitative estimate of drug-likeness (QED) is 0.848. The summed E-state index contributed by atoms with van der Waals surface area (Å²) in [6.45, 7) is 6.28. The van der Waals surface area contributed by atoms with E-state index in [-0.39, 0.29) is 0 Å². The molecular formula is C19H28N2O. The van der Waals surface area contributed by atoms with Crippen molar-refractivity contribution >= 4 is 11.6 Å². The lowest BCUT2D eigenvalue weighted by atomic mass is 9.99. The van der Waals surface area contributed by atoms with Gasteiger partial charge in [0.1, 0.15) is 0 Å². The normalized spacial score (nSPS) is 24.5. The fourth-order valence-electron chi connectivity index (χ4n) is 4.08. The van der Waals surface area contributed by atoms with E-state index in [0.717, 1.165) is 25.9 Å². The molecule has 0 N–H and O–H groups in total. The van der Waals surface area contributed by atoms with E-state index in [1.165, 1.54) is 30.5 Å². The Hall–Kier alpha value is -1.51. The minimum absolute atomic E-state index is 0.350. The predicted octanol–water partition coefficient (Wildman–Crippen LogP) is 3.62. The number of hydrogen-bond acceptors (Lipinski definition) is 2. The molecule has 0 aromatic heterocycles. The van der Waals surface area contributed by atoms with Crippen LogP contribution in [-0.2, 0) is 11.2 Å². The zero-order valence-electron chi connectivity index (χ0n) is 13.9. The molecule has 0 aliphatic carbocycles. The predicted molar refractivity (Wildman–Crippen MR) is 91.2 cm³/mol. The second-order valence-electron chi connectivity index (χ2n) is 6.77. The Labute approximate surface area is 134 Å². The van der Waals surface area contributed by atoms with Crippen molar-refractivity contribution in [2.24, 2.45) is 0 Å². The Bertz CT molecular complexity index is 528. The highest BCUT2D eigenvalue weighted by atomic mass is 16.2. The standard InChI is InChI=1S/C19H28N2O/c1-3-17-9-6-7-12-21(17)19(22)11-13-20-15(2)14-16-8-4-5-10-18(16)20/h4-5,8,10,15,17H,3,6-7,9,11-14H2,1-2H3. The number of amides is 1.